The molecule has 0 bridgehead atoms. The van der Waals surface area contributed by atoms with E-state index in [9.17, 15) is 13.2 Å². The first-order valence-corrected chi connectivity index (χ1v) is 6.35. The Morgan fingerprint density at radius 3 is 2.25 bits per heavy atom. The van der Waals surface area contributed by atoms with Gasteiger partial charge in [-0.2, -0.15) is 4.99 Å². The van der Waals surface area contributed by atoms with Crippen LogP contribution in [0.5, 0.6) is 5.75 Å². The van der Waals surface area contributed by atoms with Crippen molar-refractivity contribution < 1.29 is 17.9 Å². The molecule has 0 heterocycles. The predicted octanol–water partition coefficient (Wildman–Crippen LogP) is 2.33. The molecule has 6 N–H and O–H groups in total. The Bertz CT molecular complexity index is 569. The van der Waals surface area contributed by atoms with E-state index in [1.54, 1.807) is 0 Å². The summed E-state index contributed by atoms with van der Waals surface area (Å²) in [6, 6.07) is 2.55. The lowest BCUT2D eigenvalue weighted by Gasteiger charge is -2.12. The SMILES string of the molecule is NC(N)=NC(N)=Nc1c(Br)cc(Br)cc1OC(F)(F)F. The third-order valence-electron chi connectivity index (χ3n) is 1.69. The predicted molar refractivity (Wildman–Crippen MR) is 75.6 cm³/mol. The van der Waals surface area contributed by atoms with Gasteiger partial charge in [-0.3, -0.25) is 0 Å². The van der Waals surface area contributed by atoms with Crippen LogP contribution in [-0.4, -0.2) is 18.3 Å². The van der Waals surface area contributed by atoms with Crippen molar-refractivity contribution in [3.05, 3.63) is 21.1 Å². The zero-order valence-electron chi connectivity index (χ0n) is 9.58. The van der Waals surface area contributed by atoms with Crippen LogP contribution in [0.2, 0.25) is 0 Å². The van der Waals surface area contributed by atoms with Crippen molar-refractivity contribution in [1.82, 2.24) is 0 Å². The molecule has 0 aliphatic heterocycles. The maximum atomic E-state index is 12.3. The Balaban J connectivity index is 3.34. The number of ether oxygens (including phenoxy) is 1. The van der Waals surface area contributed by atoms with E-state index in [2.05, 4.69) is 46.6 Å². The van der Waals surface area contributed by atoms with Crippen LogP contribution in [-0.2, 0) is 0 Å². The minimum absolute atomic E-state index is 0.201. The van der Waals surface area contributed by atoms with Crippen molar-refractivity contribution >= 4 is 49.5 Å². The highest BCUT2D eigenvalue weighted by Gasteiger charge is 2.32. The van der Waals surface area contributed by atoms with Gasteiger partial charge in [0, 0.05) is 8.95 Å². The number of nitrogens with zero attached hydrogens (tertiary/aromatic N) is 2. The first kappa shape index (κ1) is 16.6. The normalized spacial score (nSPS) is 12.2. The Morgan fingerprint density at radius 1 is 1.15 bits per heavy atom. The number of benzene rings is 1. The van der Waals surface area contributed by atoms with E-state index >= 15 is 0 Å². The second-order valence-corrected chi connectivity index (χ2v) is 5.06. The van der Waals surface area contributed by atoms with Gasteiger partial charge in [0.05, 0.1) is 0 Å². The van der Waals surface area contributed by atoms with Gasteiger partial charge in [0.15, 0.2) is 11.7 Å². The molecule has 0 unspecified atom stereocenters. The Labute approximate surface area is 128 Å². The standard InChI is InChI=1S/C9H8Br2F3N5O/c10-3-1-4(11)6(18-8(17)19-7(15)16)5(2-3)20-9(12,13)14/h1-2H,(H6,15,16,17,18,19). The number of guanidine groups is 2. The zero-order valence-corrected chi connectivity index (χ0v) is 12.8. The Hall–Kier alpha value is -1.49. The van der Waals surface area contributed by atoms with Gasteiger partial charge >= 0.3 is 6.36 Å². The lowest BCUT2D eigenvalue weighted by atomic mass is 10.3. The summed E-state index contributed by atoms with van der Waals surface area (Å²) in [6.45, 7) is 0. The lowest BCUT2D eigenvalue weighted by molar-refractivity contribution is -0.274. The molecule has 0 saturated carbocycles. The molecule has 0 fully saturated rings. The third kappa shape index (κ3) is 5.25. The van der Waals surface area contributed by atoms with Crippen molar-refractivity contribution in [1.29, 1.82) is 0 Å². The fraction of sp³-hybridized carbons (Fsp3) is 0.111. The first-order chi connectivity index (χ1) is 9.08. The number of rotatable bonds is 2. The van der Waals surface area contributed by atoms with E-state index in [1.807, 2.05) is 0 Å². The van der Waals surface area contributed by atoms with Crippen molar-refractivity contribution in [3.63, 3.8) is 0 Å². The van der Waals surface area contributed by atoms with Crippen LogP contribution >= 0.6 is 31.9 Å². The molecular weight excluding hydrogens is 411 g/mol. The van der Waals surface area contributed by atoms with Gasteiger partial charge in [-0.1, -0.05) is 15.9 Å². The van der Waals surface area contributed by atoms with E-state index < -0.39 is 18.1 Å². The number of hydrogen-bond donors (Lipinski definition) is 3. The number of halogens is 5. The summed E-state index contributed by atoms with van der Waals surface area (Å²) >= 11 is 6.09. The molecule has 1 aromatic carbocycles. The summed E-state index contributed by atoms with van der Waals surface area (Å²) in [5, 5.41) is 0. The minimum atomic E-state index is -4.88. The fourth-order valence-electron chi connectivity index (χ4n) is 1.13. The molecule has 0 aliphatic rings. The van der Waals surface area contributed by atoms with Crippen LogP contribution in [0.25, 0.3) is 0 Å². The second-order valence-electron chi connectivity index (χ2n) is 3.29. The molecule has 11 heteroatoms. The second kappa shape index (κ2) is 6.31. The summed E-state index contributed by atoms with van der Waals surface area (Å²) in [6.07, 6.45) is -4.88. The maximum absolute atomic E-state index is 12.3. The Kier molecular flexibility index (Phi) is 5.22. The molecule has 0 saturated heterocycles. The number of hydrogen-bond acceptors (Lipinski definition) is 2. The van der Waals surface area contributed by atoms with Crippen LogP contribution in [0.3, 0.4) is 0 Å². The number of aliphatic imine (C=N–C) groups is 2. The zero-order chi connectivity index (χ0) is 15.5. The Morgan fingerprint density at radius 2 is 1.75 bits per heavy atom. The van der Waals surface area contributed by atoms with E-state index in [1.165, 1.54) is 6.07 Å². The number of alkyl halides is 3. The molecule has 0 radical (unpaired) electrons. The molecular formula is C9H8Br2F3N5O. The molecule has 0 amide bonds. The monoisotopic (exact) mass is 417 g/mol. The molecule has 20 heavy (non-hydrogen) atoms. The summed E-state index contributed by atoms with van der Waals surface area (Å²) in [5.41, 5.74) is 15.3. The van der Waals surface area contributed by atoms with Crippen molar-refractivity contribution in [3.8, 4) is 5.75 Å². The van der Waals surface area contributed by atoms with Crippen molar-refractivity contribution in [2.24, 2.45) is 27.2 Å². The van der Waals surface area contributed by atoms with Gasteiger partial charge in [0.2, 0.25) is 5.96 Å². The van der Waals surface area contributed by atoms with Crippen LogP contribution in [0.4, 0.5) is 18.9 Å². The molecule has 6 nitrogen and oxygen atoms in total. The summed E-state index contributed by atoms with van der Waals surface area (Å²) < 4.78 is 41.4. The average molecular weight is 419 g/mol. The van der Waals surface area contributed by atoms with Gasteiger partial charge in [-0.15, -0.1) is 13.2 Å². The highest BCUT2D eigenvalue weighted by molar-refractivity contribution is 9.11. The van der Waals surface area contributed by atoms with E-state index in [4.69, 9.17) is 17.2 Å². The van der Waals surface area contributed by atoms with Crippen LogP contribution in [0.1, 0.15) is 0 Å². The lowest BCUT2D eigenvalue weighted by Crippen LogP contribution is -2.26. The van der Waals surface area contributed by atoms with Gasteiger partial charge in [-0.05, 0) is 28.1 Å². The van der Waals surface area contributed by atoms with Gasteiger partial charge in [0.1, 0.15) is 5.69 Å². The smallest absolute Gasteiger partial charge is 0.403 e. The highest BCUT2D eigenvalue weighted by atomic mass is 79.9. The molecule has 0 spiro atoms. The average Bonchev–Trinajstić information content (AvgIpc) is 2.19. The fourth-order valence-corrected chi connectivity index (χ4v) is 2.40. The third-order valence-corrected chi connectivity index (χ3v) is 2.75. The quantitative estimate of drug-likeness (QED) is 0.505. The van der Waals surface area contributed by atoms with Gasteiger partial charge in [0.25, 0.3) is 0 Å². The topological polar surface area (TPSA) is 112 Å². The maximum Gasteiger partial charge on any atom is 0.573 e. The summed E-state index contributed by atoms with van der Waals surface area (Å²) in [5.74, 6) is -1.36. The van der Waals surface area contributed by atoms with Crippen molar-refractivity contribution in [2.75, 3.05) is 0 Å². The highest BCUT2D eigenvalue weighted by Crippen LogP contribution is 2.40. The van der Waals surface area contributed by atoms with Gasteiger partial charge in [-0.25, -0.2) is 4.99 Å². The van der Waals surface area contributed by atoms with E-state index in [0.717, 1.165) is 6.07 Å². The molecule has 1 rings (SSSR count). The van der Waals surface area contributed by atoms with E-state index in [0.29, 0.717) is 4.47 Å². The van der Waals surface area contributed by atoms with E-state index in [-0.39, 0.29) is 16.1 Å². The summed E-state index contributed by atoms with van der Waals surface area (Å²) in [4.78, 5) is 7.08. The molecule has 0 aliphatic carbocycles. The van der Waals surface area contributed by atoms with Crippen LogP contribution < -0.4 is 21.9 Å². The van der Waals surface area contributed by atoms with Crippen LogP contribution in [0, 0.1) is 0 Å². The molecule has 0 aromatic heterocycles. The first-order valence-electron chi connectivity index (χ1n) is 4.77. The van der Waals surface area contributed by atoms with Crippen LogP contribution in [0.15, 0.2) is 31.1 Å². The summed E-state index contributed by atoms with van der Waals surface area (Å²) in [7, 11) is 0. The van der Waals surface area contributed by atoms with Gasteiger partial charge < -0.3 is 21.9 Å². The van der Waals surface area contributed by atoms with Crippen molar-refractivity contribution in [2.45, 2.75) is 6.36 Å². The number of nitrogens with two attached hydrogens (primary N) is 3. The molecule has 0 atom stereocenters. The largest absolute Gasteiger partial charge is 0.573 e. The molecule has 1 aromatic rings. The minimum Gasteiger partial charge on any atom is -0.403 e. The molecule has 110 valence electrons.